The summed E-state index contributed by atoms with van der Waals surface area (Å²) in [6.45, 7) is 6.15. The molecule has 0 aromatic rings. The van der Waals surface area contributed by atoms with E-state index >= 15 is 0 Å². The van der Waals surface area contributed by atoms with E-state index in [1.165, 1.54) is 39.2 Å². The van der Waals surface area contributed by atoms with Crippen molar-refractivity contribution >= 4 is 5.97 Å². The molecule has 0 aliphatic heterocycles. The zero-order valence-corrected chi connectivity index (χ0v) is 12.7. The molecule has 1 N–H and O–H groups in total. The predicted molar refractivity (Wildman–Crippen MR) is 79.0 cm³/mol. The molecule has 0 aromatic carbocycles. The summed E-state index contributed by atoms with van der Waals surface area (Å²) >= 11 is 0. The van der Waals surface area contributed by atoms with E-state index in [2.05, 4.69) is 12.2 Å². The van der Waals surface area contributed by atoms with Crippen molar-refractivity contribution in [2.24, 2.45) is 11.8 Å². The second kappa shape index (κ2) is 9.13. The SMILES string of the molecule is CCC(=CCNCCC1CCC(C)CC1)C(=O)OC. The van der Waals surface area contributed by atoms with Crippen LogP contribution in [-0.2, 0) is 9.53 Å². The smallest absolute Gasteiger partial charge is 0.333 e. The van der Waals surface area contributed by atoms with Crippen molar-refractivity contribution in [3.05, 3.63) is 11.6 Å². The Balaban J connectivity index is 2.13. The third kappa shape index (κ3) is 6.24. The van der Waals surface area contributed by atoms with Gasteiger partial charge in [0.25, 0.3) is 0 Å². The minimum absolute atomic E-state index is 0.203. The van der Waals surface area contributed by atoms with Crippen LogP contribution in [0.1, 0.15) is 52.4 Å². The Kier molecular flexibility index (Phi) is 7.80. The van der Waals surface area contributed by atoms with Crippen LogP contribution in [0.4, 0.5) is 0 Å². The van der Waals surface area contributed by atoms with Crippen LogP contribution in [0.15, 0.2) is 11.6 Å². The van der Waals surface area contributed by atoms with Gasteiger partial charge in [0, 0.05) is 12.1 Å². The molecule has 0 aromatic heterocycles. The highest BCUT2D eigenvalue weighted by Crippen LogP contribution is 2.29. The average Bonchev–Trinajstić information content (AvgIpc) is 2.44. The van der Waals surface area contributed by atoms with Gasteiger partial charge in [-0.1, -0.05) is 45.6 Å². The molecule has 0 saturated heterocycles. The molecule has 1 saturated carbocycles. The molecule has 0 spiro atoms. The van der Waals surface area contributed by atoms with Crippen LogP contribution in [-0.4, -0.2) is 26.2 Å². The quantitative estimate of drug-likeness (QED) is 0.437. The summed E-state index contributed by atoms with van der Waals surface area (Å²) in [5.74, 6) is 1.63. The molecule has 0 unspecified atom stereocenters. The van der Waals surface area contributed by atoms with Crippen molar-refractivity contribution in [3.8, 4) is 0 Å². The van der Waals surface area contributed by atoms with E-state index in [9.17, 15) is 4.79 Å². The highest BCUT2D eigenvalue weighted by atomic mass is 16.5. The number of esters is 1. The first kappa shape index (κ1) is 16.2. The summed E-state index contributed by atoms with van der Waals surface area (Å²) in [5, 5.41) is 3.40. The first-order valence-corrected chi connectivity index (χ1v) is 7.65. The molecule has 110 valence electrons. The first-order chi connectivity index (χ1) is 9.17. The Morgan fingerprint density at radius 1 is 1.32 bits per heavy atom. The molecular weight excluding hydrogens is 238 g/mol. The maximum absolute atomic E-state index is 11.4. The van der Waals surface area contributed by atoms with E-state index in [1.807, 2.05) is 13.0 Å². The van der Waals surface area contributed by atoms with Crippen LogP contribution in [0.25, 0.3) is 0 Å². The van der Waals surface area contributed by atoms with Crippen molar-refractivity contribution < 1.29 is 9.53 Å². The van der Waals surface area contributed by atoms with E-state index in [4.69, 9.17) is 4.74 Å². The number of rotatable bonds is 7. The Morgan fingerprint density at radius 3 is 2.58 bits per heavy atom. The van der Waals surface area contributed by atoms with Crippen LogP contribution in [0.3, 0.4) is 0 Å². The molecule has 0 heterocycles. The summed E-state index contributed by atoms with van der Waals surface area (Å²) in [4.78, 5) is 11.4. The zero-order chi connectivity index (χ0) is 14.1. The highest BCUT2D eigenvalue weighted by Gasteiger charge is 2.17. The molecule has 0 atom stereocenters. The Bertz CT molecular complexity index is 291. The fraction of sp³-hybridized carbons (Fsp3) is 0.812. The molecule has 3 nitrogen and oxygen atoms in total. The normalized spacial score (nSPS) is 24.3. The van der Waals surface area contributed by atoms with E-state index in [0.29, 0.717) is 0 Å². The van der Waals surface area contributed by atoms with Gasteiger partial charge in [0.2, 0.25) is 0 Å². The number of carbonyl (C=O) groups excluding carboxylic acids is 1. The summed E-state index contributed by atoms with van der Waals surface area (Å²) in [7, 11) is 1.43. The minimum Gasteiger partial charge on any atom is -0.466 e. The molecular formula is C16H29NO2. The number of ether oxygens (including phenoxy) is 1. The largest absolute Gasteiger partial charge is 0.466 e. The lowest BCUT2D eigenvalue weighted by atomic mass is 9.81. The van der Waals surface area contributed by atoms with Gasteiger partial charge in [-0.25, -0.2) is 4.79 Å². The number of nitrogens with one attached hydrogen (secondary N) is 1. The van der Waals surface area contributed by atoms with E-state index < -0.39 is 0 Å². The van der Waals surface area contributed by atoms with Gasteiger partial charge in [-0.3, -0.25) is 0 Å². The second-order valence-electron chi connectivity index (χ2n) is 5.69. The lowest BCUT2D eigenvalue weighted by Crippen LogP contribution is -2.21. The highest BCUT2D eigenvalue weighted by molar-refractivity contribution is 5.88. The molecule has 0 amide bonds. The maximum Gasteiger partial charge on any atom is 0.333 e. The second-order valence-corrected chi connectivity index (χ2v) is 5.69. The standard InChI is InChI=1S/C16H29NO2/c1-4-15(16(18)19-3)10-12-17-11-9-14-7-5-13(2)6-8-14/h10,13-14,17H,4-9,11-12H2,1-3H3. The predicted octanol–water partition coefficient (Wildman–Crippen LogP) is 3.30. The van der Waals surface area contributed by atoms with E-state index in [-0.39, 0.29) is 5.97 Å². The van der Waals surface area contributed by atoms with Crippen LogP contribution in [0.5, 0.6) is 0 Å². The van der Waals surface area contributed by atoms with Crippen LogP contribution in [0, 0.1) is 11.8 Å². The van der Waals surface area contributed by atoms with Gasteiger partial charge in [0.05, 0.1) is 7.11 Å². The number of hydrogen-bond donors (Lipinski definition) is 1. The average molecular weight is 267 g/mol. The van der Waals surface area contributed by atoms with Crippen molar-refractivity contribution in [1.82, 2.24) is 5.32 Å². The molecule has 19 heavy (non-hydrogen) atoms. The molecule has 0 bridgehead atoms. The van der Waals surface area contributed by atoms with E-state index in [1.54, 1.807) is 0 Å². The summed E-state index contributed by atoms with van der Waals surface area (Å²) in [5.41, 5.74) is 0.765. The van der Waals surface area contributed by atoms with Gasteiger partial charge in [-0.2, -0.15) is 0 Å². The van der Waals surface area contributed by atoms with Gasteiger partial charge in [0.1, 0.15) is 0 Å². The molecule has 3 heteroatoms. The third-order valence-electron chi connectivity index (χ3n) is 4.19. The Morgan fingerprint density at radius 2 is 2.00 bits per heavy atom. The lowest BCUT2D eigenvalue weighted by Gasteiger charge is -2.26. The number of methoxy groups -OCH3 is 1. The molecule has 1 aliphatic carbocycles. The van der Waals surface area contributed by atoms with E-state index in [0.717, 1.165) is 36.9 Å². The Hall–Kier alpha value is -0.830. The number of hydrogen-bond acceptors (Lipinski definition) is 3. The van der Waals surface area contributed by atoms with Crippen LogP contribution < -0.4 is 5.32 Å². The van der Waals surface area contributed by atoms with Crippen molar-refractivity contribution in [1.29, 1.82) is 0 Å². The first-order valence-electron chi connectivity index (χ1n) is 7.65. The lowest BCUT2D eigenvalue weighted by molar-refractivity contribution is -0.136. The van der Waals surface area contributed by atoms with Gasteiger partial charge in [-0.05, 0) is 31.2 Å². The molecule has 1 aliphatic rings. The summed E-state index contributed by atoms with van der Waals surface area (Å²) in [6.07, 6.45) is 9.52. The molecule has 1 rings (SSSR count). The van der Waals surface area contributed by atoms with Gasteiger partial charge in [0.15, 0.2) is 0 Å². The molecule has 1 fully saturated rings. The van der Waals surface area contributed by atoms with Crippen LogP contribution >= 0.6 is 0 Å². The van der Waals surface area contributed by atoms with Crippen molar-refractivity contribution in [2.45, 2.75) is 52.4 Å². The van der Waals surface area contributed by atoms with Gasteiger partial charge < -0.3 is 10.1 Å². The monoisotopic (exact) mass is 267 g/mol. The van der Waals surface area contributed by atoms with Gasteiger partial charge >= 0.3 is 5.97 Å². The fourth-order valence-electron chi connectivity index (χ4n) is 2.72. The molecule has 0 radical (unpaired) electrons. The Labute approximate surface area is 117 Å². The summed E-state index contributed by atoms with van der Waals surface area (Å²) < 4.78 is 4.73. The van der Waals surface area contributed by atoms with Crippen molar-refractivity contribution in [2.75, 3.05) is 20.2 Å². The van der Waals surface area contributed by atoms with Gasteiger partial charge in [-0.15, -0.1) is 0 Å². The van der Waals surface area contributed by atoms with Crippen LogP contribution in [0.2, 0.25) is 0 Å². The zero-order valence-electron chi connectivity index (χ0n) is 12.7. The third-order valence-corrected chi connectivity index (χ3v) is 4.19. The van der Waals surface area contributed by atoms with Crippen molar-refractivity contribution in [3.63, 3.8) is 0 Å². The topological polar surface area (TPSA) is 38.3 Å². The maximum atomic E-state index is 11.4. The summed E-state index contributed by atoms with van der Waals surface area (Å²) in [6, 6.07) is 0. The number of carbonyl (C=O) groups is 1. The minimum atomic E-state index is -0.203. The fourth-order valence-corrected chi connectivity index (χ4v) is 2.72.